The van der Waals surface area contributed by atoms with E-state index in [1.807, 2.05) is 0 Å². The number of rotatable bonds is 1. The molecule has 3 nitrogen and oxygen atoms in total. The first kappa shape index (κ1) is 6.00. The van der Waals surface area contributed by atoms with Crippen LogP contribution >= 0.6 is 0 Å². The van der Waals surface area contributed by atoms with E-state index in [9.17, 15) is 4.39 Å². The lowest BCUT2D eigenvalue weighted by molar-refractivity contribution is 0.0762. The van der Waals surface area contributed by atoms with Crippen LogP contribution in [0.2, 0.25) is 0 Å². The first-order chi connectivity index (χ1) is 3.83. The van der Waals surface area contributed by atoms with E-state index >= 15 is 0 Å². The summed E-state index contributed by atoms with van der Waals surface area (Å²) in [4.78, 5) is 0. The van der Waals surface area contributed by atoms with Crippen molar-refractivity contribution in [2.24, 2.45) is 0 Å². The van der Waals surface area contributed by atoms with E-state index < -0.39 is 13.7 Å². The molecule has 0 N–H and O–H groups in total. The molecule has 5 heteroatoms. The second-order valence-corrected chi connectivity index (χ2v) is 1.40. The Bertz CT molecular complexity index is 80.9. The van der Waals surface area contributed by atoms with Gasteiger partial charge in [0.1, 0.15) is 0 Å². The lowest BCUT2D eigenvalue weighted by atomic mass is 10.2. The van der Waals surface area contributed by atoms with E-state index in [0.29, 0.717) is 0 Å². The highest BCUT2D eigenvalue weighted by Crippen LogP contribution is 2.08. The predicted molar refractivity (Wildman–Crippen MR) is 24.7 cm³/mol. The van der Waals surface area contributed by atoms with Gasteiger partial charge in [0.15, 0.2) is 0 Å². The normalized spacial score (nSPS) is 29.2. The van der Waals surface area contributed by atoms with Crippen LogP contribution in [0.3, 0.4) is 0 Å². The molecule has 1 unspecified atom stereocenters. The maximum absolute atomic E-state index is 11.9. The van der Waals surface area contributed by atoms with Crippen LogP contribution in [0, 0.1) is 0 Å². The molecule has 0 aromatic rings. The fraction of sp³-hybridized carbons (Fsp3) is 1.00. The number of halogens is 1. The van der Waals surface area contributed by atoms with Gasteiger partial charge < -0.3 is 14.0 Å². The molecule has 1 aliphatic heterocycles. The summed E-state index contributed by atoms with van der Waals surface area (Å²) in [5.74, 6) is 0. The van der Waals surface area contributed by atoms with Crippen molar-refractivity contribution < 1.29 is 18.4 Å². The Labute approximate surface area is 46.9 Å². The lowest BCUT2D eigenvalue weighted by Crippen LogP contribution is -2.17. The third-order valence-corrected chi connectivity index (χ3v) is 0.815. The van der Waals surface area contributed by atoms with Crippen molar-refractivity contribution in [1.82, 2.24) is 0 Å². The molecule has 8 heavy (non-hydrogen) atoms. The van der Waals surface area contributed by atoms with Gasteiger partial charge in [0, 0.05) is 7.11 Å². The van der Waals surface area contributed by atoms with Gasteiger partial charge in [0.05, 0.1) is 6.61 Å². The third-order valence-electron chi connectivity index (χ3n) is 0.815. The zero-order valence-corrected chi connectivity index (χ0v) is 4.46. The molecular formula is C3H6BFO3. The van der Waals surface area contributed by atoms with Gasteiger partial charge in [-0.25, -0.2) is 4.39 Å². The fourth-order valence-electron chi connectivity index (χ4n) is 0.477. The van der Waals surface area contributed by atoms with E-state index in [1.165, 1.54) is 7.11 Å². The Balaban J connectivity index is 2.22. The largest absolute Gasteiger partial charge is 0.641 e. The van der Waals surface area contributed by atoms with Crippen molar-refractivity contribution in [3.05, 3.63) is 0 Å². The summed E-state index contributed by atoms with van der Waals surface area (Å²) in [6.45, 7) is -0.0293. The highest BCUT2D eigenvalue weighted by Gasteiger charge is 2.32. The summed E-state index contributed by atoms with van der Waals surface area (Å²) in [5, 5.41) is 0. The number of alkyl halides is 1. The molecule has 0 bridgehead atoms. The second-order valence-electron chi connectivity index (χ2n) is 1.40. The average Bonchev–Trinajstić information content (AvgIpc) is 2.14. The molecule has 1 rings (SSSR count). The molecule has 0 radical (unpaired) electrons. The molecule has 46 valence electrons. The van der Waals surface area contributed by atoms with Crippen molar-refractivity contribution in [3.63, 3.8) is 0 Å². The van der Waals surface area contributed by atoms with E-state index in [0.717, 1.165) is 0 Å². The second kappa shape index (κ2) is 2.43. The minimum absolute atomic E-state index is 0.0293. The quantitative estimate of drug-likeness (QED) is 0.454. The highest BCUT2D eigenvalue weighted by atomic mass is 19.1. The number of hydrogen-bond donors (Lipinski definition) is 0. The molecule has 0 aromatic heterocycles. The SMILES string of the molecule is COB1OCC(F)O1. The summed E-state index contributed by atoms with van der Waals surface area (Å²) in [6.07, 6.45) is -1.32. The summed E-state index contributed by atoms with van der Waals surface area (Å²) in [6, 6.07) is 0. The van der Waals surface area contributed by atoms with Gasteiger partial charge in [-0.05, 0) is 0 Å². The van der Waals surface area contributed by atoms with Crippen molar-refractivity contribution in [2.45, 2.75) is 6.36 Å². The van der Waals surface area contributed by atoms with E-state index in [1.54, 1.807) is 0 Å². The number of hydrogen-bond acceptors (Lipinski definition) is 3. The molecule has 0 spiro atoms. The van der Waals surface area contributed by atoms with E-state index in [-0.39, 0.29) is 6.61 Å². The molecule has 1 aliphatic rings. The summed E-state index contributed by atoms with van der Waals surface area (Å²) >= 11 is 0. The van der Waals surface area contributed by atoms with Gasteiger partial charge in [-0.2, -0.15) is 0 Å². The highest BCUT2D eigenvalue weighted by molar-refractivity contribution is 6.36. The van der Waals surface area contributed by atoms with Crippen LogP contribution in [-0.2, 0) is 14.0 Å². The molecular weight excluding hydrogens is 114 g/mol. The minimum Gasteiger partial charge on any atom is -0.389 e. The van der Waals surface area contributed by atoms with Crippen LogP contribution < -0.4 is 0 Å². The summed E-state index contributed by atoms with van der Waals surface area (Å²) in [7, 11) is 0.591. The molecule has 0 aromatic carbocycles. The van der Waals surface area contributed by atoms with E-state index in [2.05, 4.69) is 14.0 Å². The topological polar surface area (TPSA) is 27.7 Å². The van der Waals surface area contributed by atoms with Crippen molar-refractivity contribution >= 4 is 7.32 Å². The van der Waals surface area contributed by atoms with Gasteiger partial charge in [-0.1, -0.05) is 0 Å². The molecule has 0 amide bonds. The first-order valence-electron chi connectivity index (χ1n) is 2.27. The molecule has 1 heterocycles. The Hall–Kier alpha value is -0.125. The van der Waals surface area contributed by atoms with Crippen LogP contribution in [0.15, 0.2) is 0 Å². The van der Waals surface area contributed by atoms with Gasteiger partial charge in [0.25, 0.3) is 0 Å². The smallest absolute Gasteiger partial charge is 0.389 e. The van der Waals surface area contributed by atoms with Crippen molar-refractivity contribution in [1.29, 1.82) is 0 Å². The minimum atomic E-state index is -1.32. The van der Waals surface area contributed by atoms with Crippen LogP contribution in [-0.4, -0.2) is 27.4 Å². The maximum atomic E-state index is 11.9. The molecule has 1 fully saturated rings. The van der Waals surface area contributed by atoms with Gasteiger partial charge in [-0.15, -0.1) is 0 Å². The maximum Gasteiger partial charge on any atom is 0.641 e. The zero-order valence-electron chi connectivity index (χ0n) is 4.46. The van der Waals surface area contributed by atoms with Gasteiger partial charge in [-0.3, -0.25) is 0 Å². The Kier molecular flexibility index (Phi) is 1.83. The van der Waals surface area contributed by atoms with Gasteiger partial charge >= 0.3 is 7.32 Å². The van der Waals surface area contributed by atoms with Gasteiger partial charge in [0.2, 0.25) is 6.36 Å². The van der Waals surface area contributed by atoms with Crippen LogP contribution in [0.1, 0.15) is 0 Å². The molecule has 0 aliphatic carbocycles. The van der Waals surface area contributed by atoms with Crippen LogP contribution in [0.25, 0.3) is 0 Å². The lowest BCUT2D eigenvalue weighted by Gasteiger charge is -1.96. The fourth-order valence-corrected chi connectivity index (χ4v) is 0.477. The summed E-state index contributed by atoms with van der Waals surface area (Å²) in [5.41, 5.74) is 0. The van der Waals surface area contributed by atoms with Crippen LogP contribution in [0.5, 0.6) is 0 Å². The zero-order chi connectivity index (χ0) is 5.98. The van der Waals surface area contributed by atoms with Crippen molar-refractivity contribution in [3.8, 4) is 0 Å². The average molecular weight is 120 g/mol. The standard InChI is InChI=1S/C3H6BFO3/c1-6-4-7-2-3(5)8-4/h3H,2H2,1H3. The Morgan fingerprint density at radius 3 is 2.88 bits per heavy atom. The van der Waals surface area contributed by atoms with E-state index in [4.69, 9.17) is 0 Å². The van der Waals surface area contributed by atoms with Crippen molar-refractivity contribution in [2.75, 3.05) is 13.7 Å². The van der Waals surface area contributed by atoms with Crippen LogP contribution in [0.4, 0.5) is 4.39 Å². The monoisotopic (exact) mass is 120 g/mol. The first-order valence-corrected chi connectivity index (χ1v) is 2.27. The predicted octanol–water partition coefficient (Wildman–Crippen LogP) is -0.0399. The summed E-state index contributed by atoms with van der Waals surface area (Å²) < 4.78 is 25.4. The Morgan fingerprint density at radius 1 is 1.88 bits per heavy atom. The third kappa shape index (κ3) is 1.18. The molecule has 1 saturated heterocycles. The Morgan fingerprint density at radius 2 is 2.62 bits per heavy atom. The molecule has 1 atom stereocenters. The molecule has 0 saturated carbocycles.